The third-order valence-corrected chi connectivity index (χ3v) is 4.89. The number of hydrogen-bond donors (Lipinski definition) is 0. The Morgan fingerprint density at radius 1 is 1.04 bits per heavy atom. The Hall–Kier alpha value is -1.91. The molecule has 2 aliphatic heterocycles. The SMILES string of the molecule is O=C(c1cc(Cl)cc(Cl)c1)N1CCC(c2ccc3c(c2)OCO3)C1. The fourth-order valence-electron chi connectivity index (χ4n) is 3.24. The fraction of sp³-hybridized carbons (Fsp3) is 0.278. The van der Waals surface area contributed by atoms with Crippen molar-refractivity contribution in [2.75, 3.05) is 19.9 Å². The van der Waals surface area contributed by atoms with Crippen LogP contribution in [0.4, 0.5) is 0 Å². The maximum absolute atomic E-state index is 12.7. The van der Waals surface area contributed by atoms with E-state index in [0.717, 1.165) is 17.9 Å². The first-order valence-corrected chi connectivity index (χ1v) is 8.50. The van der Waals surface area contributed by atoms with Gasteiger partial charge in [0.15, 0.2) is 11.5 Å². The van der Waals surface area contributed by atoms with E-state index in [1.165, 1.54) is 5.56 Å². The highest BCUT2D eigenvalue weighted by Gasteiger charge is 2.29. The summed E-state index contributed by atoms with van der Waals surface area (Å²) < 4.78 is 10.8. The summed E-state index contributed by atoms with van der Waals surface area (Å²) in [6.07, 6.45) is 0.916. The molecule has 2 aromatic rings. The number of likely N-dealkylation sites (tertiary alicyclic amines) is 1. The lowest BCUT2D eigenvalue weighted by Crippen LogP contribution is -2.28. The topological polar surface area (TPSA) is 38.8 Å². The van der Waals surface area contributed by atoms with Gasteiger partial charge in [-0.1, -0.05) is 29.3 Å². The molecule has 2 aromatic carbocycles. The molecule has 1 fully saturated rings. The number of halogens is 2. The second-order valence-corrected chi connectivity index (χ2v) is 6.88. The molecule has 0 aromatic heterocycles. The second-order valence-electron chi connectivity index (χ2n) is 6.01. The standard InChI is InChI=1S/C18H15Cl2NO3/c19-14-5-13(6-15(20)8-14)18(22)21-4-3-12(9-21)11-1-2-16-17(7-11)24-10-23-16/h1-2,5-8,12H,3-4,9-10H2. The molecule has 124 valence electrons. The first kappa shape index (κ1) is 15.6. The minimum atomic E-state index is -0.0392. The fourth-order valence-corrected chi connectivity index (χ4v) is 3.77. The summed E-state index contributed by atoms with van der Waals surface area (Å²) >= 11 is 12.0. The summed E-state index contributed by atoms with van der Waals surface area (Å²) in [5.41, 5.74) is 1.69. The van der Waals surface area contributed by atoms with Gasteiger partial charge in [-0.15, -0.1) is 0 Å². The Kier molecular flexibility index (Phi) is 4.02. The maximum Gasteiger partial charge on any atom is 0.253 e. The van der Waals surface area contributed by atoms with E-state index in [4.69, 9.17) is 32.7 Å². The second kappa shape index (κ2) is 6.19. The van der Waals surface area contributed by atoms with E-state index in [0.29, 0.717) is 28.7 Å². The van der Waals surface area contributed by atoms with Crippen molar-refractivity contribution in [3.8, 4) is 11.5 Å². The minimum absolute atomic E-state index is 0.0392. The van der Waals surface area contributed by atoms with Gasteiger partial charge in [0.25, 0.3) is 5.91 Å². The molecule has 1 amide bonds. The summed E-state index contributed by atoms with van der Waals surface area (Å²) in [4.78, 5) is 14.5. The summed E-state index contributed by atoms with van der Waals surface area (Å²) in [6, 6.07) is 10.9. The van der Waals surface area contributed by atoms with Crippen LogP contribution >= 0.6 is 23.2 Å². The Balaban J connectivity index is 1.51. The quantitative estimate of drug-likeness (QED) is 0.795. The van der Waals surface area contributed by atoms with Crippen LogP contribution in [-0.2, 0) is 0 Å². The Bertz CT molecular complexity index is 789. The van der Waals surface area contributed by atoms with Gasteiger partial charge in [-0.2, -0.15) is 0 Å². The Morgan fingerprint density at radius 2 is 1.79 bits per heavy atom. The average Bonchev–Trinajstić information content (AvgIpc) is 3.21. The molecule has 6 heteroatoms. The monoisotopic (exact) mass is 363 g/mol. The number of carbonyl (C=O) groups excluding carboxylic acids is 1. The number of benzene rings is 2. The lowest BCUT2D eigenvalue weighted by atomic mass is 9.98. The summed E-state index contributed by atoms with van der Waals surface area (Å²) in [6.45, 7) is 1.65. The Morgan fingerprint density at radius 3 is 2.58 bits per heavy atom. The molecule has 0 spiro atoms. The molecule has 4 nitrogen and oxygen atoms in total. The largest absolute Gasteiger partial charge is 0.454 e. The van der Waals surface area contributed by atoms with Crippen LogP contribution in [0, 0.1) is 0 Å². The van der Waals surface area contributed by atoms with Crippen molar-refractivity contribution < 1.29 is 14.3 Å². The number of hydrogen-bond acceptors (Lipinski definition) is 3. The van der Waals surface area contributed by atoms with Gasteiger partial charge in [-0.3, -0.25) is 4.79 Å². The minimum Gasteiger partial charge on any atom is -0.454 e. The molecule has 0 aliphatic carbocycles. The van der Waals surface area contributed by atoms with Crippen molar-refractivity contribution in [1.29, 1.82) is 0 Å². The first-order chi connectivity index (χ1) is 11.6. The maximum atomic E-state index is 12.7. The van der Waals surface area contributed by atoms with Crippen molar-refractivity contribution in [3.05, 3.63) is 57.6 Å². The van der Waals surface area contributed by atoms with E-state index in [2.05, 4.69) is 0 Å². The molecule has 0 radical (unpaired) electrons. The van der Waals surface area contributed by atoms with Gasteiger partial charge in [-0.05, 0) is 42.3 Å². The smallest absolute Gasteiger partial charge is 0.253 e. The van der Waals surface area contributed by atoms with Crippen LogP contribution in [0.25, 0.3) is 0 Å². The number of rotatable bonds is 2. The first-order valence-electron chi connectivity index (χ1n) is 7.75. The van der Waals surface area contributed by atoms with Gasteiger partial charge < -0.3 is 14.4 Å². The van der Waals surface area contributed by atoms with Crippen LogP contribution in [0.3, 0.4) is 0 Å². The molecule has 1 saturated heterocycles. The molecular weight excluding hydrogens is 349 g/mol. The van der Waals surface area contributed by atoms with E-state index in [9.17, 15) is 4.79 Å². The van der Waals surface area contributed by atoms with Gasteiger partial charge in [0.1, 0.15) is 0 Å². The molecule has 1 unspecified atom stereocenters. The van der Waals surface area contributed by atoms with Crippen molar-refractivity contribution >= 4 is 29.1 Å². The van der Waals surface area contributed by atoms with E-state index in [-0.39, 0.29) is 18.6 Å². The molecule has 2 heterocycles. The third-order valence-electron chi connectivity index (χ3n) is 4.45. The van der Waals surface area contributed by atoms with Gasteiger partial charge in [0.05, 0.1) is 0 Å². The summed E-state index contributed by atoms with van der Waals surface area (Å²) in [5.74, 6) is 1.80. The average molecular weight is 364 g/mol. The van der Waals surface area contributed by atoms with Gasteiger partial charge in [0.2, 0.25) is 6.79 Å². The predicted molar refractivity (Wildman–Crippen MR) is 92.3 cm³/mol. The van der Waals surface area contributed by atoms with Crippen LogP contribution in [-0.4, -0.2) is 30.7 Å². The summed E-state index contributed by atoms with van der Waals surface area (Å²) in [5, 5.41) is 0.940. The van der Waals surface area contributed by atoms with Gasteiger partial charge in [0, 0.05) is 34.6 Å². The van der Waals surface area contributed by atoms with Crippen molar-refractivity contribution in [1.82, 2.24) is 4.90 Å². The number of carbonyl (C=O) groups is 1. The number of amides is 1. The zero-order valence-electron chi connectivity index (χ0n) is 12.8. The highest BCUT2D eigenvalue weighted by Crippen LogP contribution is 2.37. The van der Waals surface area contributed by atoms with Crippen LogP contribution < -0.4 is 9.47 Å². The molecule has 4 rings (SSSR count). The molecule has 0 saturated carbocycles. The molecule has 2 aliphatic rings. The zero-order chi connectivity index (χ0) is 16.7. The van der Waals surface area contributed by atoms with E-state index < -0.39 is 0 Å². The number of ether oxygens (including phenoxy) is 2. The molecule has 24 heavy (non-hydrogen) atoms. The van der Waals surface area contributed by atoms with Crippen LogP contribution in [0.1, 0.15) is 28.3 Å². The Labute approximate surface area is 149 Å². The lowest BCUT2D eigenvalue weighted by molar-refractivity contribution is 0.0791. The van der Waals surface area contributed by atoms with Gasteiger partial charge >= 0.3 is 0 Å². The molecular formula is C18H15Cl2NO3. The van der Waals surface area contributed by atoms with Crippen LogP contribution in [0.15, 0.2) is 36.4 Å². The molecule has 0 bridgehead atoms. The van der Waals surface area contributed by atoms with Crippen molar-refractivity contribution in [2.24, 2.45) is 0 Å². The zero-order valence-corrected chi connectivity index (χ0v) is 14.3. The van der Waals surface area contributed by atoms with E-state index in [1.807, 2.05) is 23.1 Å². The third kappa shape index (κ3) is 2.92. The van der Waals surface area contributed by atoms with Crippen LogP contribution in [0.5, 0.6) is 11.5 Å². The number of nitrogens with zero attached hydrogens (tertiary/aromatic N) is 1. The predicted octanol–water partition coefficient (Wildman–Crippen LogP) is 4.35. The van der Waals surface area contributed by atoms with Crippen LogP contribution in [0.2, 0.25) is 10.0 Å². The lowest BCUT2D eigenvalue weighted by Gasteiger charge is -2.17. The highest BCUT2D eigenvalue weighted by molar-refractivity contribution is 6.35. The molecule has 1 atom stereocenters. The van der Waals surface area contributed by atoms with Crippen molar-refractivity contribution in [2.45, 2.75) is 12.3 Å². The van der Waals surface area contributed by atoms with E-state index in [1.54, 1.807) is 18.2 Å². The van der Waals surface area contributed by atoms with E-state index >= 15 is 0 Å². The van der Waals surface area contributed by atoms with Gasteiger partial charge in [-0.25, -0.2) is 0 Å². The summed E-state index contributed by atoms with van der Waals surface area (Å²) in [7, 11) is 0. The molecule has 0 N–H and O–H groups in total. The normalized spacial score (nSPS) is 18.9. The number of fused-ring (bicyclic) bond motifs is 1. The highest BCUT2D eigenvalue weighted by atomic mass is 35.5. The van der Waals surface area contributed by atoms with Crippen molar-refractivity contribution in [3.63, 3.8) is 0 Å².